The van der Waals surface area contributed by atoms with Gasteiger partial charge < -0.3 is 15.0 Å². The normalized spacial score (nSPS) is 11.9. The predicted molar refractivity (Wildman–Crippen MR) is 144 cm³/mol. The van der Waals surface area contributed by atoms with Crippen LogP contribution in [0.5, 0.6) is 5.75 Å². The summed E-state index contributed by atoms with van der Waals surface area (Å²) in [6, 6.07) is 18.9. The van der Waals surface area contributed by atoms with Crippen molar-refractivity contribution in [3.8, 4) is 5.75 Å². The van der Waals surface area contributed by atoms with E-state index in [9.17, 15) is 22.4 Å². The van der Waals surface area contributed by atoms with Gasteiger partial charge in [0.25, 0.3) is 10.0 Å². The third kappa shape index (κ3) is 6.89. The van der Waals surface area contributed by atoms with Gasteiger partial charge in [-0.2, -0.15) is 0 Å². The first-order valence-corrected chi connectivity index (χ1v) is 13.7. The summed E-state index contributed by atoms with van der Waals surface area (Å²) in [4.78, 5) is 28.0. The van der Waals surface area contributed by atoms with Gasteiger partial charge in [-0.3, -0.25) is 13.9 Å². The maximum absolute atomic E-state index is 13.8. The number of ether oxygens (including phenoxy) is 1. The minimum atomic E-state index is -4.25. The number of likely N-dealkylation sites (N-methyl/N-ethyl adjacent to an activating group) is 1. The molecule has 10 heteroatoms. The highest BCUT2D eigenvalue weighted by Gasteiger charge is 2.33. The van der Waals surface area contributed by atoms with Crippen LogP contribution in [-0.4, -0.2) is 51.4 Å². The van der Waals surface area contributed by atoms with Crippen LogP contribution in [0.4, 0.5) is 10.1 Å². The van der Waals surface area contributed by atoms with Crippen LogP contribution in [0.15, 0.2) is 83.8 Å². The van der Waals surface area contributed by atoms with Crippen molar-refractivity contribution in [2.45, 2.75) is 37.8 Å². The Hall–Kier alpha value is -3.92. The van der Waals surface area contributed by atoms with Crippen LogP contribution in [0, 0.1) is 5.82 Å². The Bertz CT molecular complexity index is 1320. The molecule has 3 aromatic carbocycles. The van der Waals surface area contributed by atoms with E-state index in [0.717, 1.165) is 22.0 Å². The number of carbonyl (C=O) groups is 2. The standard InChI is InChI=1S/C28H32FN3O5S/c1-4-26(28(34)30-5-2)31(19-21-9-7-6-8-10-21)27(33)20-32(23-13-11-22(29)12-14-23)38(35,36)25-17-15-24(37-3)16-18-25/h6-18,26H,4-5,19-20H2,1-3H3,(H,30,34). The van der Waals surface area contributed by atoms with Crippen molar-refractivity contribution in [3.63, 3.8) is 0 Å². The van der Waals surface area contributed by atoms with E-state index in [2.05, 4.69) is 5.32 Å². The quantitative estimate of drug-likeness (QED) is 0.374. The molecule has 0 saturated heterocycles. The largest absolute Gasteiger partial charge is 0.497 e. The second kappa shape index (κ2) is 13.0. The highest BCUT2D eigenvalue weighted by Crippen LogP contribution is 2.26. The summed E-state index contributed by atoms with van der Waals surface area (Å²) >= 11 is 0. The number of hydrogen-bond donors (Lipinski definition) is 1. The fraction of sp³-hybridized carbons (Fsp3) is 0.286. The number of methoxy groups -OCH3 is 1. The van der Waals surface area contributed by atoms with Crippen molar-refractivity contribution in [1.29, 1.82) is 0 Å². The molecule has 0 aromatic heterocycles. The van der Waals surface area contributed by atoms with Gasteiger partial charge in [-0.15, -0.1) is 0 Å². The van der Waals surface area contributed by atoms with E-state index >= 15 is 0 Å². The minimum Gasteiger partial charge on any atom is -0.497 e. The first kappa shape index (κ1) is 28.6. The van der Waals surface area contributed by atoms with E-state index in [1.165, 1.54) is 48.4 Å². The summed E-state index contributed by atoms with van der Waals surface area (Å²) in [5.74, 6) is -0.982. The van der Waals surface area contributed by atoms with Gasteiger partial charge in [0, 0.05) is 13.1 Å². The first-order valence-electron chi connectivity index (χ1n) is 12.2. The van der Waals surface area contributed by atoms with Crippen LogP contribution >= 0.6 is 0 Å². The first-order chi connectivity index (χ1) is 18.2. The lowest BCUT2D eigenvalue weighted by atomic mass is 10.1. The van der Waals surface area contributed by atoms with Crippen LogP contribution in [0.2, 0.25) is 0 Å². The molecule has 0 bridgehead atoms. The third-order valence-electron chi connectivity index (χ3n) is 5.97. The van der Waals surface area contributed by atoms with E-state index in [1.807, 2.05) is 30.3 Å². The average molecular weight is 542 g/mol. The Morgan fingerprint density at radius 1 is 0.947 bits per heavy atom. The zero-order chi connectivity index (χ0) is 27.7. The van der Waals surface area contributed by atoms with E-state index in [0.29, 0.717) is 18.7 Å². The number of carbonyl (C=O) groups excluding carboxylic acids is 2. The molecule has 0 fully saturated rings. The van der Waals surface area contributed by atoms with Gasteiger partial charge in [0.05, 0.1) is 17.7 Å². The van der Waals surface area contributed by atoms with Gasteiger partial charge in [-0.25, -0.2) is 12.8 Å². The smallest absolute Gasteiger partial charge is 0.264 e. The number of anilines is 1. The lowest BCUT2D eigenvalue weighted by Gasteiger charge is -2.33. The van der Waals surface area contributed by atoms with Crippen molar-refractivity contribution in [3.05, 3.63) is 90.2 Å². The number of nitrogens with zero attached hydrogens (tertiary/aromatic N) is 2. The molecular weight excluding hydrogens is 509 g/mol. The topological polar surface area (TPSA) is 96.0 Å². The van der Waals surface area contributed by atoms with E-state index in [4.69, 9.17) is 4.74 Å². The average Bonchev–Trinajstić information content (AvgIpc) is 2.92. The summed E-state index contributed by atoms with van der Waals surface area (Å²) in [6.07, 6.45) is 0.326. The molecule has 1 unspecified atom stereocenters. The molecular formula is C28H32FN3O5S. The second-order valence-electron chi connectivity index (χ2n) is 8.49. The highest BCUT2D eigenvalue weighted by molar-refractivity contribution is 7.92. The number of halogens is 1. The Kier molecular flexibility index (Phi) is 9.84. The summed E-state index contributed by atoms with van der Waals surface area (Å²) in [6.45, 7) is 3.47. The fourth-order valence-electron chi connectivity index (χ4n) is 4.00. The molecule has 0 aliphatic heterocycles. The molecule has 0 saturated carbocycles. The number of amides is 2. The van der Waals surface area contributed by atoms with Gasteiger partial charge in [0.2, 0.25) is 11.8 Å². The summed E-state index contributed by atoms with van der Waals surface area (Å²) in [5.41, 5.74) is 0.899. The van der Waals surface area contributed by atoms with Crippen LogP contribution in [-0.2, 0) is 26.2 Å². The fourth-order valence-corrected chi connectivity index (χ4v) is 5.42. The Morgan fingerprint density at radius 3 is 2.13 bits per heavy atom. The lowest BCUT2D eigenvalue weighted by Crippen LogP contribution is -2.52. The maximum atomic E-state index is 13.8. The van der Waals surface area contributed by atoms with Gasteiger partial charge in [0.15, 0.2) is 0 Å². The van der Waals surface area contributed by atoms with E-state index in [1.54, 1.807) is 13.8 Å². The Labute approximate surface area is 223 Å². The monoisotopic (exact) mass is 541 g/mol. The molecule has 0 aliphatic carbocycles. The van der Waals surface area contributed by atoms with E-state index < -0.39 is 34.3 Å². The molecule has 2 amide bonds. The number of hydrogen-bond acceptors (Lipinski definition) is 5. The number of benzene rings is 3. The van der Waals surface area contributed by atoms with E-state index in [-0.39, 0.29) is 23.0 Å². The Balaban J connectivity index is 2.04. The number of nitrogens with one attached hydrogen (secondary N) is 1. The zero-order valence-corrected chi connectivity index (χ0v) is 22.4. The summed E-state index contributed by atoms with van der Waals surface area (Å²) in [7, 11) is -2.78. The number of sulfonamides is 1. The third-order valence-corrected chi connectivity index (χ3v) is 7.76. The van der Waals surface area contributed by atoms with Gasteiger partial charge in [-0.05, 0) is 67.4 Å². The minimum absolute atomic E-state index is 0.0687. The molecule has 38 heavy (non-hydrogen) atoms. The summed E-state index contributed by atoms with van der Waals surface area (Å²) < 4.78 is 47.3. The van der Waals surface area contributed by atoms with Crippen LogP contribution < -0.4 is 14.4 Å². The van der Waals surface area contributed by atoms with Crippen molar-refractivity contribution >= 4 is 27.5 Å². The molecule has 0 heterocycles. The second-order valence-corrected chi connectivity index (χ2v) is 10.4. The molecule has 0 radical (unpaired) electrons. The van der Waals surface area contributed by atoms with Gasteiger partial charge in [0.1, 0.15) is 24.2 Å². The molecule has 3 aromatic rings. The number of rotatable bonds is 12. The molecule has 1 N–H and O–H groups in total. The summed E-state index contributed by atoms with van der Waals surface area (Å²) in [5, 5.41) is 2.76. The van der Waals surface area contributed by atoms with Gasteiger partial charge in [-0.1, -0.05) is 37.3 Å². The zero-order valence-electron chi connectivity index (χ0n) is 21.6. The van der Waals surface area contributed by atoms with Crippen LogP contribution in [0.25, 0.3) is 0 Å². The highest BCUT2D eigenvalue weighted by atomic mass is 32.2. The lowest BCUT2D eigenvalue weighted by molar-refractivity contribution is -0.140. The van der Waals surface area contributed by atoms with Crippen LogP contribution in [0.1, 0.15) is 25.8 Å². The maximum Gasteiger partial charge on any atom is 0.264 e. The SMILES string of the molecule is CCNC(=O)C(CC)N(Cc1ccccc1)C(=O)CN(c1ccc(F)cc1)S(=O)(=O)c1ccc(OC)cc1. The molecule has 1 atom stereocenters. The predicted octanol–water partition coefficient (Wildman–Crippen LogP) is 3.97. The van der Waals surface area contributed by atoms with Crippen LogP contribution in [0.3, 0.4) is 0 Å². The van der Waals surface area contributed by atoms with Crippen molar-refractivity contribution in [2.24, 2.45) is 0 Å². The molecule has 0 aliphatic rings. The van der Waals surface area contributed by atoms with Crippen molar-refractivity contribution in [1.82, 2.24) is 10.2 Å². The van der Waals surface area contributed by atoms with Gasteiger partial charge >= 0.3 is 0 Å². The Morgan fingerprint density at radius 2 is 1.58 bits per heavy atom. The molecule has 202 valence electrons. The van der Waals surface area contributed by atoms with Crippen molar-refractivity contribution < 1.29 is 27.1 Å². The molecule has 3 rings (SSSR count). The molecule has 8 nitrogen and oxygen atoms in total. The van der Waals surface area contributed by atoms with Crippen molar-refractivity contribution in [2.75, 3.05) is 24.5 Å². The molecule has 0 spiro atoms.